The molecule has 1 aromatic rings. The number of carbonyl (C=O) groups is 2. The summed E-state index contributed by atoms with van der Waals surface area (Å²) in [7, 11) is 4.11. The molecular weight excluding hydrogens is 332 g/mol. The third-order valence-electron chi connectivity index (χ3n) is 4.48. The number of ether oxygens (including phenoxy) is 1. The molecular formula is C20H32N2O4. The van der Waals surface area contributed by atoms with Crippen molar-refractivity contribution >= 4 is 12.1 Å². The van der Waals surface area contributed by atoms with Crippen molar-refractivity contribution < 1.29 is 19.4 Å². The number of rotatable bonds is 9. The summed E-state index contributed by atoms with van der Waals surface area (Å²) in [6, 6.07) is 6.50. The summed E-state index contributed by atoms with van der Waals surface area (Å²) in [5.41, 5.74) is 1.12. The van der Waals surface area contributed by atoms with Gasteiger partial charge in [0.15, 0.2) is 0 Å². The Labute approximate surface area is 156 Å². The van der Waals surface area contributed by atoms with E-state index in [0.717, 1.165) is 18.5 Å². The molecule has 0 fully saturated rings. The number of hydrogen-bond donors (Lipinski definition) is 2. The van der Waals surface area contributed by atoms with Crippen LogP contribution in [0, 0.1) is 11.8 Å². The molecule has 1 aromatic carbocycles. The van der Waals surface area contributed by atoms with Crippen molar-refractivity contribution in [3.63, 3.8) is 0 Å². The molecule has 0 saturated carbocycles. The summed E-state index contributed by atoms with van der Waals surface area (Å²) < 4.78 is 5.32. The summed E-state index contributed by atoms with van der Waals surface area (Å²) in [6.07, 6.45) is 0.233. The summed E-state index contributed by atoms with van der Waals surface area (Å²) >= 11 is 0. The van der Waals surface area contributed by atoms with Gasteiger partial charge in [0.2, 0.25) is 0 Å². The van der Waals surface area contributed by atoms with Gasteiger partial charge in [-0.15, -0.1) is 0 Å². The lowest BCUT2D eigenvalue weighted by molar-refractivity contribution is -0.140. The van der Waals surface area contributed by atoms with Crippen LogP contribution in [0.3, 0.4) is 0 Å². The largest absolute Gasteiger partial charge is 0.480 e. The molecule has 1 amide bonds. The number of amides is 1. The van der Waals surface area contributed by atoms with Gasteiger partial charge in [-0.25, -0.2) is 9.59 Å². The highest BCUT2D eigenvalue weighted by Crippen LogP contribution is 2.30. The van der Waals surface area contributed by atoms with Gasteiger partial charge in [0.05, 0.1) is 0 Å². The smallest absolute Gasteiger partial charge is 0.413 e. The molecule has 0 aromatic heterocycles. The van der Waals surface area contributed by atoms with E-state index in [1.165, 1.54) is 0 Å². The van der Waals surface area contributed by atoms with Gasteiger partial charge < -0.3 is 20.1 Å². The van der Waals surface area contributed by atoms with Crippen LogP contribution in [0.1, 0.15) is 45.6 Å². The maximum absolute atomic E-state index is 12.1. The van der Waals surface area contributed by atoms with Crippen LogP contribution in [-0.2, 0) is 4.79 Å². The Morgan fingerprint density at radius 1 is 1.23 bits per heavy atom. The quantitative estimate of drug-likeness (QED) is 0.700. The average Bonchev–Trinajstić information content (AvgIpc) is 2.52. The number of carboxylic acids is 1. The van der Waals surface area contributed by atoms with Crippen LogP contribution in [0.4, 0.5) is 4.79 Å². The van der Waals surface area contributed by atoms with Crippen LogP contribution in [0.15, 0.2) is 24.3 Å². The minimum Gasteiger partial charge on any atom is -0.480 e. The first-order chi connectivity index (χ1) is 12.1. The molecule has 0 radical (unpaired) electrons. The fourth-order valence-corrected chi connectivity index (χ4v) is 3.26. The number of carbonyl (C=O) groups excluding carboxylic acids is 1. The van der Waals surface area contributed by atoms with E-state index < -0.39 is 18.1 Å². The number of benzene rings is 1. The van der Waals surface area contributed by atoms with Gasteiger partial charge in [-0.2, -0.15) is 0 Å². The van der Waals surface area contributed by atoms with Crippen molar-refractivity contribution in [2.45, 2.75) is 46.1 Å². The topological polar surface area (TPSA) is 78.9 Å². The third-order valence-corrected chi connectivity index (χ3v) is 4.48. The van der Waals surface area contributed by atoms with Crippen molar-refractivity contribution in [1.29, 1.82) is 0 Å². The third kappa shape index (κ3) is 6.67. The zero-order valence-electron chi connectivity index (χ0n) is 16.7. The number of carboxylic acid groups (broad SMARTS) is 1. The van der Waals surface area contributed by atoms with Gasteiger partial charge in [-0.3, -0.25) is 0 Å². The predicted octanol–water partition coefficient (Wildman–Crippen LogP) is 3.58. The molecule has 1 rings (SSSR count). The Hall–Kier alpha value is -2.08. The van der Waals surface area contributed by atoms with Crippen molar-refractivity contribution in [2.75, 3.05) is 20.6 Å². The molecule has 0 bridgehead atoms. The lowest BCUT2D eigenvalue weighted by atomic mass is 9.85. The molecule has 6 heteroatoms. The van der Waals surface area contributed by atoms with Gasteiger partial charge in [0, 0.05) is 6.54 Å². The zero-order valence-corrected chi connectivity index (χ0v) is 16.7. The zero-order chi connectivity index (χ0) is 19.9. The van der Waals surface area contributed by atoms with Crippen molar-refractivity contribution in [1.82, 2.24) is 10.2 Å². The van der Waals surface area contributed by atoms with E-state index in [9.17, 15) is 9.59 Å². The van der Waals surface area contributed by atoms with E-state index in [-0.39, 0.29) is 5.92 Å². The maximum atomic E-state index is 12.1. The van der Waals surface area contributed by atoms with Gasteiger partial charge in [-0.1, -0.05) is 39.8 Å². The van der Waals surface area contributed by atoms with Crippen LogP contribution in [0.5, 0.6) is 5.75 Å². The first-order valence-corrected chi connectivity index (χ1v) is 9.11. The maximum Gasteiger partial charge on any atom is 0.413 e. The summed E-state index contributed by atoms with van der Waals surface area (Å²) in [5.74, 6) is -0.0803. The second kappa shape index (κ2) is 10.2. The van der Waals surface area contributed by atoms with Crippen molar-refractivity contribution in [2.24, 2.45) is 11.8 Å². The first kappa shape index (κ1) is 22.0. The Bertz CT molecular complexity index is 601. The Morgan fingerprint density at radius 3 is 2.38 bits per heavy atom. The number of nitrogens with zero attached hydrogens (tertiary/aromatic N) is 1. The molecule has 0 aliphatic carbocycles. The molecule has 0 saturated heterocycles. The normalized spacial score (nSPS) is 14.8. The summed E-state index contributed by atoms with van der Waals surface area (Å²) in [5, 5.41) is 11.6. The molecule has 2 N–H and O–H groups in total. The molecule has 6 nitrogen and oxygen atoms in total. The van der Waals surface area contributed by atoms with Crippen molar-refractivity contribution in [3.05, 3.63) is 29.8 Å². The molecule has 2 unspecified atom stereocenters. The molecule has 0 aliphatic rings. The highest BCUT2D eigenvalue weighted by molar-refractivity contribution is 5.81. The second-order valence-corrected chi connectivity index (χ2v) is 7.42. The van der Waals surface area contributed by atoms with Crippen LogP contribution < -0.4 is 10.1 Å². The number of nitrogens with one attached hydrogen (secondary N) is 1. The molecule has 0 aliphatic heterocycles. The van der Waals surface area contributed by atoms with Gasteiger partial charge in [0.1, 0.15) is 11.8 Å². The van der Waals surface area contributed by atoms with E-state index in [2.05, 4.69) is 38.2 Å². The Morgan fingerprint density at radius 2 is 1.88 bits per heavy atom. The van der Waals surface area contributed by atoms with Crippen molar-refractivity contribution in [3.8, 4) is 5.75 Å². The fourth-order valence-electron chi connectivity index (χ4n) is 3.26. The van der Waals surface area contributed by atoms with E-state index in [1.54, 1.807) is 19.9 Å². The number of hydrogen-bond acceptors (Lipinski definition) is 4. The van der Waals surface area contributed by atoms with E-state index in [4.69, 9.17) is 9.84 Å². The van der Waals surface area contributed by atoms with Crippen LogP contribution in [-0.4, -0.2) is 48.8 Å². The van der Waals surface area contributed by atoms with Gasteiger partial charge >= 0.3 is 12.1 Å². The summed E-state index contributed by atoms with van der Waals surface area (Å²) in [4.78, 5) is 25.4. The second-order valence-electron chi connectivity index (χ2n) is 7.42. The Balaban J connectivity index is 2.85. The minimum atomic E-state index is -1.07. The lowest BCUT2D eigenvalue weighted by Gasteiger charge is -2.26. The molecule has 146 valence electrons. The van der Waals surface area contributed by atoms with Crippen LogP contribution in [0.25, 0.3) is 0 Å². The van der Waals surface area contributed by atoms with E-state index in [1.807, 2.05) is 18.2 Å². The van der Waals surface area contributed by atoms with E-state index >= 15 is 0 Å². The van der Waals surface area contributed by atoms with E-state index in [0.29, 0.717) is 17.6 Å². The SMILES string of the molecule is CCC(c1cccc(OC(=O)N[C@H](C(=O)O)C(C)C)c1)C(C)CN(C)C. The average molecular weight is 364 g/mol. The first-order valence-electron chi connectivity index (χ1n) is 9.11. The lowest BCUT2D eigenvalue weighted by Crippen LogP contribution is -2.45. The molecule has 0 heterocycles. The van der Waals surface area contributed by atoms with Gasteiger partial charge in [-0.05, 0) is 56.0 Å². The Kier molecular flexibility index (Phi) is 8.58. The molecule has 3 atom stereocenters. The standard InChI is InChI=1S/C20H32N2O4/c1-7-17(14(4)12-22(5)6)15-9-8-10-16(11-15)26-20(25)21-18(13(2)3)19(23)24/h8-11,13-14,17-18H,7,12H2,1-6H3,(H,21,25)(H,23,24)/t14?,17?,18-/m0/s1. The predicted molar refractivity (Wildman–Crippen MR) is 103 cm³/mol. The minimum absolute atomic E-state index is 0.234. The van der Waals surface area contributed by atoms with Gasteiger partial charge in [0.25, 0.3) is 0 Å². The highest BCUT2D eigenvalue weighted by Gasteiger charge is 2.24. The fraction of sp³-hybridized carbons (Fsp3) is 0.600. The summed E-state index contributed by atoms with van der Waals surface area (Å²) in [6.45, 7) is 8.81. The highest BCUT2D eigenvalue weighted by atomic mass is 16.6. The van der Waals surface area contributed by atoms with Crippen LogP contribution >= 0.6 is 0 Å². The molecule has 0 spiro atoms. The number of aliphatic carboxylic acids is 1. The molecule has 26 heavy (non-hydrogen) atoms. The monoisotopic (exact) mass is 364 g/mol. The van der Waals surface area contributed by atoms with Crippen LogP contribution in [0.2, 0.25) is 0 Å².